The van der Waals surface area contributed by atoms with Gasteiger partial charge in [-0.1, -0.05) is 97.1 Å². The van der Waals surface area contributed by atoms with E-state index in [0.717, 1.165) is 23.0 Å². The van der Waals surface area contributed by atoms with Crippen LogP contribution in [0.5, 0.6) is 5.75 Å². The number of hydrogen-bond donors (Lipinski definition) is 0. The summed E-state index contributed by atoms with van der Waals surface area (Å²) >= 11 is 0. The molecule has 0 aliphatic heterocycles. The lowest BCUT2D eigenvalue weighted by Crippen LogP contribution is -2.30. The molecule has 0 radical (unpaired) electrons. The van der Waals surface area contributed by atoms with Crippen molar-refractivity contribution in [2.45, 2.75) is 19.7 Å². The summed E-state index contributed by atoms with van der Waals surface area (Å²) in [5.41, 5.74) is 3.96. The quantitative estimate of drug-likeness (QED) is 0.307. The van der Waals surface area contributed by atoms with Crippen LogP contribution in [0.15, 0.2) is 109 Å². The maximum atomic E-state index is 13.7. The maximum absolute atomic E-state index is 13.7. The van der Waals surface area contributed by atoms with E-state index in [-0.39, 0.29) is 5.91 Å². The van der Waals surface area contributed by atoms with Crippen LogP contribution < -0.4 is 4.74 Å². The predicted octanol–water partition coefficient (Wildman–Crippen LogP) is 5.92. The normalized spacial score (nSPS) is 10.4. The zero-order valence-corrected chi connectivity index (χ0v) is 18.3. The van der Waals surface area contributed by atoms with Gasteiger partial charge in [-0.05, 0) is 28.8 Å². The molecule has 0 bridgehead atoms. The highest BCUT2D eigenvalue weighted by molar-refractivity contribution is 5.97. The average Bonchev–Trinajstić information content (AvgIpc) is 2.88. The van der Waals surface area contributed by atoms with E-state index in [1.807, 2.05) is 91.0 Å². The monoisotopic (exact) mass is 435 g/mol. The van der Waals surface area contributed by atoms with Crippen molar-refractivity contribution in [2.24, 2.45) is 0 Å². The molecular weight excluding hydrogens is 410 g/mol. The first-order valence-electron chi connectivity index (χ1n) is 10.9. The van der Waals surface area contributed by atoms with Gasteiger partial charge in [0.1, 0.15) is 18.6 Å². The summed E-state index contributed by atoms with van der Waals surface area (Å²) in [4.78, 5) is 26.9. The summed E-state index contributed by atoms with van der Waals surface area (Å²) in [5.74, 6) is 0.253. The van der Waals surface area contributed by atoms with Crippen molar-refractivity contribution in [1.82, 2.24) is 4.90 Å². The van der Waals surface area contributed by atoms with Gasteiger partial charge in [-0.25, -0.2) is 0 Å². The summed E-state index contributed by atoms with van der Waals surface area (Å²) in [6.07, 6.45) is 0.759. The first kappa shape index (κ1) is 22.0. The Bertz CT molecular complexity index is 1150. The Labute approximate surface area is 194 Å². The second-order valence-electron chi connectivity index (χ2n) is 7.78. The fourth-order valence-corrected chi connectivity index (χ4v) is 3.62. The summed E-state index contributed by atoms with van der Waals surface area (Å²) < 4.78 is 6.03. The van der Waals surface area contributed by atoms with Crippen LogP contribution in [0.25, 0.3) is 0 Å². The number of nitrogens with zero attached hydrogens (tertiary/aromatic N) is 1. The molecule has 0 aliphatic carbocycles. The van der Waals surface area contributed by atoms with Crippen LogP contribution in [0.1, 0.15) is 37.4 Å². The largest absolute Gasteiger partial charge is 0.488 e. The van der Waals surface area contributed by atoms with Crippen LogP contribution in [-0.4, -0.2) is 17.1 Å². The summed E-state index contributed by atoms with van der Waals surface area (Å²) in [6.45, 7) is 1.23. The molecular formula is C29H25NO3. The lowest BCUT2D eigenvalue weighted by Gasteiger charge is -2.24. The molecule has 33 heavy (non-hydrogen) atoms. The average molecular weight is 436 g/mol. The van der Waals surface area contributed by atoms with E-state index >= 15 is 0 Å². The molecule has 4 heteroatoms. The van der Waals surface area contributed by atoms with Gasteiger partial charge in [-0.3, -0.25) is 9.59 Å². The van der Waals surface area contributed by atoms with E-state index in [4.69, 9.17) is 4.74 Å². The van der Waals surface area contributed by atoms with E-state index in [1.54, 1.807) is 23.1 Å². The number of carbonyl (C=O) groups excluding carboxylic acids is 2. The standard InChI is InChI=1S/C29H25NO3/c31-21-26-16-17-27(28(18-26)33-22-25-14-8-3-9-15-25)29(32)30(19-23-10-4-1-5-11-23)20-24-12-6-2-7-13-24/h1-18,21H,19-20,22H2. The van der Waals surface area contributed by atoms with Crippen LogP contribution >= 0.6 is 0 Å². The minimum absolute atomic E-state index is 0.150. The highest BCUT2D eigenvalue weighted by atomic mass is 16.5. The Hall–Kier alpha value is -4.18. The Balaban J connectivity index is 1.64. The highest BCUT2D eigenvalue weighted by Crippen LogP contribution is 2.25. The first-order chi connectivity index (χ1) is 16.2. The lowest BCUT2D eigenvalue weighted by atomic mass is 10.1. The number of benzene rings is 4. The minimum atomic E-state index is -0.150. The van der Waals surface area contributed by atoms with Crippen molar-refractivity contribution < 1.29 is 14.3 Å². The van der Waals surface area contributed by atoms with E-state index in [1.165, 1.54) is 0 Å². The highest BCUT2D eigenvalue weighted by Gasteiger charge is 2.21. The van der Waals surface area contributed by atoms with Crippen molar-refractivity contribution in [3.05, 3.63) is 137 Å². The van der Waals surface area contributed by atoms with Gasteiger partial charge in [-0.2, -0.15) is 0 Å². The predicted molar refractivity (Wildman–Crippen MR) is 129 cm³/mol. The van der Waals surface area contributed by atoms with E-state index in [0.29, 0.717) is 36.6 Å². The molecule has 0 aliphatic rings. The third kappa shape index (κ3) is 5.95. The van der Waals surface area contributed by atoms with Crippen LogP contribution in [-0.2, 0) is 19.7 Å². The van der Waals surface area contributed by atoms with Crippen molar-refractivity contribution in [2.75, 3.05) is 0 Å². The number of hydrogen-bond acceptors (Lipinski definition) is 3. The fraction of sp³-hybridized carbons (Fsp3) is 0.103. The van der Waals surface area contributed by atoms with Crippen LogP contribution in [0, 0.1) is 0 Å². The van der Waals surface area contributed by atoms with Gasteiger partial charge < -0.3 is 9.64 Å². The molecule has 0 unspecified atom stereocenters. The van der Waals surface area contributed by atoms with Gasteiger partial charge in [0.05, 0.1) is 5.56 Å². The molecule has 0 spiro atoms. The molecule has 0 N–H and O–H groups in total. The number of carbonyl (C=O) groups is 2. The number of amides is 1. The second-order valence-corrected chi connectivity index (χ2v) is 7.78. The molecule has 164 valence electrons. The summed E-state index contributed by atoms with van der Waals surface area (Å²) in [6, 6.07) is 34.5. The second kappa shape index (κ2) is 10.9. The molecule has 0 fully saturated rings. The van der Waals surface area contributed by atoms with Crippen molar-refractivity contribution in [3.63, 3.8) is 0 Å². The van der Waals surface area contributed by atoms with Crippen LogP contribution in [0.3, 0.4) is 0 Å². The van der Waals surface area contributed by atoms with E-state index in [9.17, 15) is 9.59 Å². The fourth-order valence-electron chi connectivity index (χ4n) is 3.62. The molecule has 1 amide bonds. The zero-order chi connectivity index (χ0) is 22.9. The van der Waals surface area contributed by atoms with Crippen molar-refractivity contribution in [3.8, 4) is 5.75 Å². The third-order valence-electron chi connectivity index (χ3n) is 5.33. The molecule has 0 aromatic heterocycles. The molecule has 4 aromatic rings. The molecule has 4 aromatic carbocycles. The molecule has 0 atom stereocenters. The Morgan fingerprint density at radius 3 is 1.73 bits per heavy atom. The number of ether oxygens (including phenoxy) is 1. The molecule has 0 heterocycles. The minimum Gasteiger partial charge on any atom is -0.488 e. The number of rotatable bonds is 9. The van der Waals surface area contributed by atoms with Gasteiger partial charge in [0.25, 0.3) is 5.91 Å². The smallest absolute Gasteiger partial charge is 0.258 e. The molecule has 4 rings (SSSR count). The Morgan fingerprint density at radius 2 is 1.21 bits per heavy atom. The van der Waals surface area contributed by atoms with Crippen molar-refractivity contribution >= 4 is 12.2 Å². The van der Waals surface area contributed by atoms with Gasteiger partial charge in [0, 0.05) is 18.7 Å². The molecule has 4 nitrogen and oxygen atoms in total. The number of aldehydes is 1. The van der Waals surface area contributed by atoms with Crippen LogP contribution in [0.4, 0.5) is 0 Å². The van der Waals surface area contributed by atoms with Gasteiger partial charge >= 0.3 is 0 Å². The SMILES string of the molecule is O=Cc1ccc(C(=O)N(Cc2ccccc2)Cc2ccccc2)c(OCc2ccccc2)c1. The maximum Gasteiger partial charge on any atom is 0.258 e. The van der Waals surface area contributed by atoms with E-state index in [2.05, 4.69) is 0 Å². The Morgan fingerprint density at radius 1 is 0.697 bits per heavy atom. The molecule has 0 saturated carbocycles. The Kier molecular flexibility index (Phi) is 7.29. The van der Waals surface area contributed by atoms with E-state index < -0.39 is 0 Å². The van der Waals surface area contributed by atoms with Crippen molar-refractivity contribution in [1.29, 1.82) is 0 Å². The van der Waals surface area contributed by atoms with Gasteiger partial charge in [-0.15, -0.1) is 0 Å². The topological polar surface area (TPSA) is 46.6 Å². The lowest BCUT2D eigenvalue weighted by molar-refractivity contribution is 0.0724. The van der Waals surface area contributed by atoms with Crippen LogP contribution in [0.2, 0.25) is 0 Å². The van der Waals surface area contributed by atoms with Gasteiger partial charge in [0.15, 0.2) is 0 Å². The first-order valence-corrected chi connectivity index (χ1v) is 10.9. The molecule has 0 saturated heterocycles. The third-order valence-corrected chi connectivity index (χ3v) is 5.33. The summed E-state index contributed by atoms with van der Waals surface area (Å²) in [7, 11) is 0. The van der Waals surface area contributed by atoms with Gasteiger partial charge in [0.2, 0.25) is 0 Å². The summed E-state index contributed by atoms with van der Waals surface area (Å²) in [5, 5.41) is 0. The zero-order valence-electron chi connectivity index (χ0n) is 18.3.